The van der Waals surface area contributed by atoms with E-state index in [0.717, 1.165) is 39.5 Å². The zero-order chi connectivity index (χ0) is 36.3. The van der Waals surface area contributed by atoms with Crippen molar-refractivity contribution >= 4 is 71.4 Å². The number of aromatic nitrogens is 2. The molecule has 0 N–H and O–H groups in total. The predicted octanol–water partition coefficient (Wildman–Crippen LogP) is 14.2. The van der Waals surface area contributed by atoms with E-state index in [2.05, 4.69) is 226 Å². The minimum absolute atomic E-state index is 1.09. The van der Waals surface area contributed by atoms with Crippen LogP contribution in [-0.4, -0.2) is 9.13 Å². The normalized spacial score (nSPS) is 11.6. The highest BCUT2D eigenvalue weighted by Crippen LogP contribution is 2.45. The molecule has 2 aromatic heterocycles. The average Bonchev–Trinajstić information content (AvgIpc) is 3.78. The first-order valence-electron chi connectivity index (χ1n) is 18.9. The van der Waals surface area contributed by atoms with Crippen LogP contribution < -0.4 is 4.90 Å². The van der Waals surface area contributed by atoms with Gasteiger partial charge in [0.15, 0.2) is 0 Å². The number of rotatable bonds is 6. The second-order valence-electron chi connectivity index (χ2n) is 14.2. The molecule has 9 aromatic carbocycles. The van der Waals surface area contributed by atoms with Gasteiger partial charge in [0.1, 0.15) is 0 Å². The molecule has 0 aliphatic heterocycles. The molecule has 3 heteroatoms. The highest BCUT2D eigenvalue weighted by molar-refractivity contribution is 6.15. The maximum Gasteiger partial charge on any atom is 0.0782 e. The number of nitrogens with zero attached hydrogens (tertiary/aromatic N) is 3. The maximum absolute atomic E-state index is 2.46. The van der Waals surface area contributed by atoms with Gasteiger partial charge in [-0.3, -0.25) is 0 Å². The minimum Gasteiger partial charge on any atom is -0.309 e. The van der Waals surface area contributed by atoms with Crippen LogP contribution in [0.15, 0.2) is 212 Å². The Kier molecular flexibility index (Phi) is 7.17. The third-order valence-corrected chi connectivity index (χ3v) is 11.1. The summed E-state index contributed by atoms with van der Waals surface area (Å²) in [6, 6.07) is 77.0. The molecule has 55 heavy (non-hydrogen) atoms. The second-order valence-corrected chi connectivity index (χ2v) is 14.2. The van der Waals surface area contributed by atoms with Crippen LogP contribution in [0.5, 0.6) is 0 Å². The number of hydrogen-bond donors (Lipinski definition) is 0. The Bertz CT molecular complexity index is 3190. The minimum atomic E-state index is 1.09. The van der Waals surface area contributed by atoms with Crippen molar-refractivity contribution in [3.05, 3.63) is 212 Å². The third-order valence-electron chi connectivity index (χ3n) is 11.1. The van der Waals surface area contributed by atoms with Gasteiger partial charge in [-0.05, 0) is 88.6 Å². The fourth-order valence-corrected chi connectivity index (χ4v) is 8.58. The lowest BCUT2D eigenvalue weighted by Crippen LogP contribution is -2.12. The lowest BCUT2D eigenvalue weighted by Gasteiger charge is -2.27. The molecule has 3 nitrogen and oxygen atoms in total. The number of hydrogen-bond acceptors (Lipinski definition) is 1. The van der Waals surface area contributed by atoms with Gasteiger partial charge in [0, 0.05) is 44.3 Å². The maximum atomic E-state index is 2.46. The van der Waals surface area contributed by atoms with Crippen LogP contribution in [0.1, 0.15) is 0 Å². The average molecular weight is 702 g/mol. The molecule has 0 amide bonds. The molecule has 2 heterocycles. The first kappa shape index (κ1) is 31.2. The molecule has 0 atom stereocenters. The van der Waals surface area contributed by atoms with Crippen LogP contribution in [0.3, 0.4) is 0 Å². The zero-order valence-electron chi connectivity index (χ0n) is 30.0. The van der Waals surface area contributed by atoms with Crippen molar-refractivity contribution in [2.45, 2.75) is 0 Å². The first-order valence-corrected chi connectivity index (χ1v) is 18.9. The first-order chi connectivity index (χ1) is 27.3. The van der Waals surface area contributed by atoms with Gasteiger partial charge in [-0.25, -0.2) is 0 Å². The van der Waals surface area contributed by atoms with Crippen LogP contribution >= 0.6 is 0 Å². The quantitative estimate of drug-likeness (QED) is 0.168. The van der Waals surface area contributed by atoms with Crippen LogP contribution in [0.4, 0.5) is 17.1 Å². The molecular formula is C52H35N3. The number of para-hydroxylation sites is 4. The number of fused-ring (bicyclic) bond motifs is 7. The molecule has 258 valence electrons. The molecule has 11 rings (SSSR count). The summed E-state index contributed by atoms with van der Waals surface area (Å²) >= 11 is 0. The van der Waals surface area contributed by atoms with E-state index in [4.69, 9.17) is 0 Å². The van der Waals surface area contributed by atoms with E-state index in [1.54, 1.807) is 0 Å². The highest BCUT2D eigenvalue weighted by Gasteiger charge is 2.23. The number of benzene rings is 9. The molecule has 0 unspecified atom stereocenters. The second kappa shape index (κ2) is 12.6. The van der Waals surface area contributed by atoms with Crippen molar-refractivity contribution in [3.8, 4) is 22.5 Å². The van der Waals surface area contributed by atoms with Gasteiger partial charge in [0.25, 0.3) is 0 Å². The van der Waals surface area contributed by atoms with Gasteiger partial charge in [-0.2, -0.15) is 0 Å². The Balaban J connectivity index is 1.21. The van der Waals surface area contributed by atoms with E-state index in [9.17, 15) is 0 Å². The van der Waals surface area contributed by atoms with Gasteiger partial charge in [0.2, 0.25) is 0 Å². The zero-order valence-corrected chi connectivity index (χ0v) is 30.0. The summed E-state index contributed by atoms with van der Waals surface area (Å²) in [5, 5.41) is 7.36. The number of anilines is 3. The Morgan fingerprint density at radius 2 is 0.891 bits per heavy atom. The Morgan fingerprint density at radius 1 is 0.309 bits per heavy atom. The molecule has 0 spiro atoms. The summed E-state index contributed by atoms with van der Waals surface area (Å²) in [6.45, 7) is 0. The van der Waals surface area contributed by atoms with Gasteiger partial charge in [-0.1, -0.05) is 146 Å². The van der Waals surface area contributed by atoms with Gasteiger partial charge in [-0.15, -0.1) is 0 Å². The smallest absolute Gasteiger partial charge is 0.0782 e. The molecule has 0 saturated carbocycles. The van der Waals surface area contributed by atoms with Gasteiger partial charge >= 0.3 is 0 Å². The van der Waals surface area contributed by atoms with Crippen molar-refractivity contribution in [1.29, 1.82) is 0 Å². The highest BCUT2D eigenvalue weighted by atomic mass is 15.2. The van der Waals surface area contributed by atoms with E-state index >= 15 is 0 Å². The SMILES string of the molecule is c1ccc(-c2ccc(N(c3ccc4c5ccccc5n(-c5ccccc5)c4c3)c3cccc4c5ccccc5n(-c5ccc6ccccc6c5)c34)cc2)cc1. The summed E-state index contributed by atoms with van der Waals surface area (Å²) in [5.74, 6) is 0. The molecular weight excluding hydrogens is 667 g/mol. The standard InChI is InChI=1S/C52H35N3/c1-3-14-36(15-4-1)38-26-29-41(30-27-38)53(43-32-33-46-44-20-9-11-23-48(44)54(51(46)35-43)40-18-5-2-6-19-40)50-25-13-22-47-45-21-10-12-24-49(45)55(52(47)50)42-31-28-37-16-7-8-17-39(37)34-42/h1-35H. The molecule has 0 bridgehead atoms. The van der Waals surface area contributed by atoms with Crippen molar-refractivity contribution < 1.29 is 0 Å². The largest absolute Gasteiger partial charge is 0.309 e. The van der Waals surface area contributed by atoms with E-state index in [1.807, 2.05) is 0 Å². The van der Waals surface area contributed by atoms with Crippen molar-refractivity contribution in [2.24, 2.45) is 0 Å². The fourth-order valence-electron chi connectivity index (χ4n) is 8.58. The third kappa shape index (κ3) is 5.05. The van der Waals surface area contributed by atoms with E-state index in [1.165, 1.54) is 54.5 Å². The predicted molar refractivity (Wildman–Crippen MR) is 233 cm³/mol. The lowest BCUT2D eigenvalue weighted by molar-refractivity contribution is 1.17. The van der Waals surface area contributed by atoms with E-state index < -0.39 is 0 Å². The van der Waals surface area contributed by atoms with Gasteiger partial charge < -0.3 is 14.0 Å². The monoisotopic (exact) mass is 701 g/mol. The molecule has 0 fully saturated rings. The molecule has 11 aromatic rings. The van der Waals surface area contributed by atoms with Gasteiger partial charge in [0.05, 0.1) is 27.8 Å². The van der Waals surface area contributed by atoms with Crippen LogP contribution in [-0.2, 0) is 0 Å². The Labute approximate surface area is 319 Å². The van der Waals surface area contributed by atoms with Crippen LogP contribution in [0.25, 0.3) is 76.9 Å². The van der Waals surface area contributed by atoms with Crippen molar-refractivity contribution in [1.82, 2.24) is 9.13 Å². The molecule has 0 aliphatic carbocycles. The van der Waals surface area contributed by atoms with Crippen molar-refractivity contribution in [3.63, 3.8) is 0 Å². The van der Waals surface area contributed by atoms with E-state index in [-0.39, 0.29) is 0 Å². The van der Waals surface area contributed by atoms with Crippen LogP contribution in [0, 0.1) is 0 Å². The molecule has 0 aliphatic rings. The summed E-state index contributed by atoms with van der Waals surface area (Å²) in [7, 11) is 0. The Hall–Kier alpha value is -7.36. The van der Waals surface area contributed by atoms with Crippen molar-refractivity contribution in [2.75, 3.05) is 4.90 Å². The lowest BCUT2D eigenvalue weighted by atomic mass is 10.0. The van der Waals surface area contributed by atoms with Crippen LogP contribution in [0.2, 0.25) is 0 Å². The Morgan fingerprint density at radius 3 is 1.67 bits per heavy atom. The summed E-state index contributed by atoms with van der Waals surface area (Å²) in [6.07, 6.45) is 0. The summed E-state index contributed by atoms with van der Waals surface area (Å²) < 4.78 is 4.86. The molecule has 0 saturated heterocycles. The van der Waals surface area contributed by atoms with E-state index in [0.29, 0.717) is 0 Å². The summed E-state index contributed by atoms with van der Waals surface area (Å²) in [4.78, 5) is 2.44. The topological polar surface area (TPSA) is 13.1 Å². The summed E-state index contributed by atoms with van der Waals surface area (Å²) in [5.41, 5.74) is 12.6. The fraction of sp³-hybridized carbons (Fsp3) is 0. The molecule has 0 radical (unpaired) electrons.